The Labute approximate surface area is 105 Å². The molecule has 0 spiro atoms. The predicted octanol–water partition coefficient (Wildman–Crippen LogP) is 3.10. The molecule has 4 nitrogen and oxygen atoms in total. The molecular weight excluding hydrogens is 234 g/mol. The van der Waals surface area contributed by atoms with E-state index >= 15 is 0 Å². The summed E-state index contributed by atoms with van der Waals surface area (Å²) in [6, 6.07) is 9.94. The zero-order chi connectivity index (χ0) is 12.3. The summed E-state index contributed by atoms with van der Waals surface area (Å²) in [7, 11) is 0. The summed E-state index contributed by atoms with van der Waals surface area (Å²) in [5, 5.41) is 6.96. The Hall–Kier alpha value is -1.62. The number of para-hydroxylation sites is 1. The molecular formula is C12H15N3OS. The monoisotopic (exact) mass is 249 g/mol. The van der Waals surface area contributed by atoms with Gasteiger partial charge < -0.3 is 4.74 Å². The van der Waals surface area contributed by atoms with Gasteiger partial charge in [0.25, 0.3) is 0 Å². The van der Waals surface area contributed by atoms with E-state index in [9.17, 15) is 0 Å². The zero-order valence-electron chi connectivity index (χ0n) is 9.88. The number of ether oxygens (including phenoxy) is 1. The van der Waals surface area contributed by atoms with Crippen molar-refractivity contribution in [3.8, 4) is 5.75 Å². The van der Waals surface area contributed by atoms with Gasteiger partial charge in [-0.25, -0.2) is 0 Å². The van der Waals surface area contributed by atoms with E-state index in [4.69, 9.17) is 17.0 Å². The fourth-order valence-corrected chi connectivity index (χ4v) is 2.00. The maximum absolute atomic E-state index is 5.65. The van der Waals surface area contributed by atoms with Gasteiger partial charge in [-0.15, -0.1) is 0 Å². The minimum atomic E-state index is 0.274. The summed E-state index contributed by atoms with van der Waals surface area (Å²) in [5.74, 6) is 1.64. The Morgan fingerprint density at radius 3 is 2.71 bits per heavy atom. The summed E-state index contributed by atoms with van der Waals surface area (Å²) in [6.45, 7) is 4.55. The van der Waals surface area contributed by atoms with Gasteiger partial charge in [0.05, 0.1) is 0 Å². The number of hydrogen-bond donors (Lipinski definition) is 1. The molecule has 0 bridgehead atoms. The van der Waals surface area contributed by atoms with Crippen LogP contribution >= 0.6 is 12.2 Å². The van der Waals surface area contributed by atoms with Crippen molar-refractivity contribution < 1.29 is 4.74 Å². The molecule has 2 rings (SSSR count). The molecule has 0 aliphatic heterocycles. The number of aromatic nitrogens is 3. The number of benzene rings is 1. The first-order valence-corrected chi connectivity index (χ1v) is 5.93. The molecule has 1 heterocycles. The molecule has 2 aromatic rings. The van der Waals surface area contributed by atoms with Gasteiger partial charge in [0, 0.05) is 6.04 Å². The predicted molar refractivity (Wildman–Crippen MR) is 68.6 cm³/mol. The number of aromatic amines is 1. The van der Waals surface area contributed by atoms with E-state index in [-0.39, 0.29) is 6.04 Å². The number of H-pyrrole nitrogens is 1. The van der Waals surface area contributed by atoms with Gasteiger partial charge >= 0.3 is 0 Å². The van der Waals surface area contributed by atoms with Gasteiger partial charge in [0.1, 0.15) is 12.4 Å². The normalized spacial score (nSPS) is 10.8. The van der Waals surface area contributed by atoms with E-state index in [2.05, 4.69) is 24.0 Å². The minimum absolute atomic E-state index is 0.274. The molecule has 0 amide bonds. The largest absolute Gasteiger partial charge is 0.486 e. The average Bonchev–Trinajstić information content (AvgIpc) is 2.69. The van der Waals surface area contributed by atoms with Gasteiger partial charge in [-0.3, -0.25) is 9.67 Å². The van der Waals surface area contributed by atoms with Gasteiger partial charge in [-0.1, -0.05) is 18.2 Å². The second-order valence-electron chi connectivity index (χ2n) is 4.01. The summed E-state index contributed by atoms with van der Waals surface area (Å²) in [6.07, 6.45) is 0. The third-order valence-corrected chi connectivity index (χ3v) is 2.69. The summed E-state index contributed by atoms with van der Waals surface area (Å²) in [5.41, 5.74) is 0. The van der Waals surface area contributed by atoms with Gasteiger partial charge in [0.2, 0.25) is 0 Å². The Bertz CT molecular complexity index is 530. The standard InChI is InChI=1S/C12H15N3OS/c1-9(2)15-11(13-14-12(15)17)8-16-10-6-4-3-5-7-10/h3-7,9H,8H2,1-2H3,(H,14,17). The summed E-state index contributed by atoms with van der Waals surface area (Å²) < 4.78 is 8.23. The highest BCUT2D eigenvalue weighted by atomic mass is 32.1. The molecule has 0 saturated heterocycles. The van der Waals surface area contributed by atoms with Crippen LogP contribution in [0.4, 0.5) is 0 Å². The lowest BCUT2D eigenvalue weighted by Crippen LogP contribution is -2.09. The van der Waals surface area contributed by atoms with Crippen LogP contribution in [0.25, 0.3) is 0 Å². The van der Waals surface area contributed by atoms with Crippen LogP contribution in [0.15, 0.2) is 30.3 Å². The molecule has 1 aromatic carbocycles. The molecule has 0 unspecified atom stereocenters. The molecule has 90 valence electrons. The van der Waals surface area contributed by atoms with Crippen LogP contribution in [0.5, 0.6) is 5.75 Å². The first-order valence-electron chi connectivity index (χ1n) is 5.52. The van der Waals surface area contributed by atoms with Crippen molar-refractivity contribution in [1.82, 2.24) is 14.8 Å². The lowest BCUT2D eigenvalue weighted by atomic mass is 10.3. The Morgan fingerprint density at radius 1 is 1.35 bits per heavy atom. The topological polar surface area (TPSA) is 42.8 Å². The highest BCUT2D eigenvalue weighted by Gasteiger charge is 2.09. The fourth-order valence-electron chi connectivity index (χ4n) is 1.64. The lowest BCUT2D eigenvalue weighted by molar-refractivity contribution is 0.285. The second-order valence-corrected chi connectivity index (χ2v) is 4.40. The maximum Gasteiger partial charge on any atom is 0.195 e. The van der Waals surface area contributed by atoms with Crippen LogP contribution in [0.3, 0.4) is 0 Å². The Kier molecular flexibility index (Phi) is 3.58. The number of rotatable bonds is 4. The first-order chi connectivity index (χ1) is 8.18. The quantitative estimate of drug-likeness (QED) is 0.847. The van der Waals surface area contributed by atoms with Crippen molar-refractivity contribution in [2.45, 2.75) is 26.5 Å². The molecule has 0 aliphatic carbocycles. The Balaban J connectivity index is 2.12. The van der Waals surface area contributed by atoms with E-state index in [1.165, 1.54) is 0 Å². The molecule has 17 heavy (non-hydrogen) atoms. The molecule has 0 fully saturated rings. The van der Waals surface area contributed by atoms with Crippen molar-refractivity contribution in [3.63, 3.8) is 0 Å². The summed E-state index contributed by atoms with van der Waals surface area (Å²) in [4.78, 5) is 0. The summed E-state index contributed by atoms with van der Waals surface area (Å²) >= 11 is 5.17. The van der Waals surface area contributed by atoms with Gasteiger partial charge in [0.15, 0.2) is 10.6 Å². The van der Waals surface area contributed by atoms with Crippen molar-refractivity contribution in [1.29, 1.82) is 0 Å². The molecule has 5 heteroatoms. The molecule has 0 radical (unpaired) electrons. The molecule has 0 atom stereocenters. The van der Waals surface area contributed by atoms with E-state index < -0.39 is 0 Å². The zero-order valence-corrected chi connectivity index (χ0v) is 10.7. The third-order valence-electron chi connectivity index (χ3n) is 2.41. The maximum atomic E-state index is 5.65. The number of hydrogen-bond acceptors (Lipinski definition) is 3. The van der Waals surface area contributed by atoms with Crippen LogP contribution in [0, 0.1) is 4.77 Å². The second kappa shape index (κ2) is 5.14. The van der Waals surface area contributed by atoms with Gasteiger partial charge in [-0.05, 0) is 38.2 Å². The van der Waals surface area contributed by atoms with Crippen LogP contribution in [-0.2, 0) is 6.61 Å². The van der Waals surface area contributed by atoms with E-state index in [1.54, 1.807) is 0 Å². The highest BCUT2D eigenvalue weighted by molar-refractivity contribution is 7.71. The SMILES string of the molecule is CC(C)n1c(COc2ccccc2)n[nH]c1=S. The van der Waals surface area contributed by atoms with Crippen LogP contribution in [0.2, 0.25) is 0 Å². The van der Waals surface area contributed by atoms with Crippen LogP contribution in [-0.4, -0.2) is 14.8 Å². The van der Waals surface area contributed by atoms with Crippen LogP contribution < -0.4 is 4.74 Å². The fraction of sp³-hybridized carbons (Fsp3) is 0.333. The average molecular weight is 249 g/mol. The molecule has 0 aliphatic rings. The van der Waals surface area contributed by atoms with Crippen LogP contribution in [0.1, 0.15) is 25.7 Å². The molecule has 0 saturated carbocycles. The first kappa shape index (κ1) is 11.9. The van der Waals surface area contributed by atoms with Crippen molar-refractivity contribution in [3.05, 3.63) is 40.9 Å². The van der Waals surface area contributed by atoms with Crippen molar-refractivity contribution in [2.75, 3.05) is 0 Å². The van der Waals surface area contributed by atoms with E-state index in [0.717, 1.165) is 11.6 Å². The van der Waals surface area contributed by atoms with Gasteiger partial charge in [-0.2, -0.15) is 5.10 Å². The third kappa shape index (κ3) is 2.74. The molecule has 1 N–H and O–H groups in total. The number of nitrogens with zero attached hydrogens (tertiary/aromatic N) is 2. The number of nitrogens with one attached hydrogen (secondary N) is 1. The minimum Gasteiger partial charge on any atom is -0.486 e. The van der Waals surface area contributed by atoms with Crippen molar-refractivity contribution in [2.24, 2.45) is 0 Å². The molecule has 1 aromatic heterocycles. The lowest BCUT2D eigenvalue weighted by Gasteiger charge is -2.11. The van der Waals surface area contributed by atoms with E-state index in [0.29, 0.717) is 11.4 Å². The smallest absolute Gasteiger partial charge is 0.195 e. The van der Waals surface area contributed by atoms with Crippen molar-refractivity contribution >= 4 is 12.2 Å². The highest BCUT2D eigenvalue weighted by Crippen LogP contribution is 2.13. The Morgan fingerprint density at radius 2 is 2.06 bits per heavy atom. The van der Waals surface area contributed by atoms with E-state index in [1.807, 2.05) is 34.9 Å².